The van der Waals surface area contributed by atoms with Gasteiger partial charge in [0.1, 0.15) is 12.7 Å². The Bertz CT molecular complexity index is 1320. The predicted octanol–water partition coefficient (Wildman–Crippen LogP) is 13.8. The molecule has 0 saturated carbocycles. The molecule has 0 spiro atoms. The summed E-state index contributed by atoms with van der Waals surface area (Å²) in [7, 11) is -4.65. The molecule has 3 N–H and O–H groups in total. The largest absolute Gasteiger partial charge is 0.472 e. The van der Waals surface area contributed by atoms with Crippen molar-refractivity contribution in [2.45, 2.75) is 206 Å². The smallest absolute Gasteiger partial charge is 0.462 e. The van der Waals surface area contributed by atoms with Crippen LogP contribution >= 0.6 is 7.82 Å². The van der Waals surface area contributed by atoms with Crippen LogP contribution in [-0.2, 0) is 32.7 Å². The lowest BCUT2D eigenvalue weighted by Crippen LogP contribution is -2.29. The van der Waals surface area contributed by atoms with Crippen LogP contribution in [0.4, 0.5) is 0 Å². The number of rotatable bonds is 45. The second kappa shape index (κ2) is 47.1. The van der Waals surface area contributed by atoms with E-state index in [-0.39, 0.29) is 19.4 Å². The van der Waals surface area contributed by atoms with E-state index in [1.165, 1.54) is 96.3 Å². The summed E-state index contributed by atoms with van der Waals surface area (Å²) in [5.41, 5.74) is 0. The van der Waals surface area contributed by atoms with Gasteiger partial charge in [-0.25, -0.2) is 4.57 Å². The second-order valence-electron chi connectivity index (χ2n) is 16.1. The Morgan fingerprint density at radius 3 is 1.38 bits per heavy atom. The Labute approximate surface area is 383 Å². The van der Waals surface area contributed by atoms with Crippen LogP contribution < -0.4 is 0 Å². The molecule has 0 fully saturated rings. The first kappa shape index (κ1) is 60.2. The molecule has 0 amide bonds. The van der Waals surface area contributed by atoms with Crippen LogP contribution in [-0.4, -0.2) is 65.7 Å². The maximum Gasteiger partial charge on any atom is 0.472 e. The number of esters is 2. The monoisotopic (exact) mass is 905 g/mol. The molecular weight excluding hydrogens is 816 g/mol. The van der Waals surface area contributed by atoms with E-state index in [9.17, 15) is 24.2 Å². The van der Waals surface area contributed by atoms with Crippen LogP contribution in [0.15, 0.2) is 85.1 Å². The summed E-state index contributed by atoms with van der Waals surface area (Å²) in [6, 6.07) is 0. The van der Waals surface area contributed by atoms with Crippen LogP contribution in [0, 0.1) is 0 Å². The van der Waals surface area contributed by atoms with Gasteiger partial charge in [0.15, 0.2) is 6.10 Å². The normalized spacial score (nSPS) is 14.4. The van der Waals surface area contributed by atoms with E-state index >= 15 is 0 Å². The predicted molar refractivity (Wildman–Crippen MR) is 260 cm³/mol. The van der Waals surface area contributed by atoms with Crippen molar-refractivity contribution in [1.29, 1.82) is 0 Å². The van der Waals surface area contributed by atoms with Crippen molar-refractivity contribution >= 4 is 19.8 Å². The van der Waals surface area contributed by atoms with Crippen molar-refractivity contribution in [3.8, 4) is 0 Å². The van der Waals surface area contributed by atoms with E-state index in [0.29, 0.717) is 12.8 Å². The van der Waals surface area contributed by atoms with Gasteiger partial charge in [0.2, 0.25) is 0 Å². The van der Waals surface area contributed by atoms with Crippen LogP contribution in [0.2, 0.25) is 0 Å². The number of carbonyl (C=O) groups is 2. The number of phosphoric acid groups is 1. The van der Waals surface area contributed by atoms with Gasteiger partial charge in [0.25, 0.3) is 0 Å². The zero-order valence-corrected chi connectivity index (χ0v) is 40.4. The summed E-state index contributed by atoms with van der Waals surface area (Å²) < 4.78 is 32.7. The van der Waals surface area contributed by atoms with Crippen LogP contribution in [0.1, 0.15) is 194 Å². The van der Waals surface area contributed by atoms with Crippen molar-refractivity contribution in [2.75, 3.05) is 26.4 Å². The van der Waals surface area contributed by atoms with Gasteiger partial charge in [-0.05, 0) is 77.0 Å². The number of allylic oxidation sites excluding steroid dienone is 14. The number of carbonyl (C=O) groups excluding carboxylic acids is 2. The van der Waals surface area contributed by atoms with E-state index < -0.39 is 51.8 Å². The Morgan fingerprint density at radius 1 is 0.492 bits per heavy atom. The summed E-state index contributed by atoms with van der Waals surface area (Å²) in [5, 5.41) is 18.4. The van der Waals surface area contributed by atoms with E-state index in [1.807, 2.05) is 12.2 Å². The molecule has 0 aromatic heterocycles. The van der Waals surface area contributed by atoms with Crippen molar-refractivity contribution in [3.63, 3.8) is 0 Å². The molecule has 3 unspecified atom stereocenters. The Balaban J connectivity index is 4.33. The number of phosphoric ester groups is 1. The number of hydrogen-bond donors (Lipinski definition) is 3. The number of aliphatic hydroxyl groups is 2. The number of aliphatic hydroxyl groups excluding tert-OH is 2. The molecule has 0 aliphatic heterocycles. The topological polar surface area (TPSA) is 149 Å². The van der Waals surface area contributed by atoms with Crippen molar-refractivity contribution in [3.05, 3.63) is 85.1 Å². The molecule has 0 aliphatic carbocycles. The fourth-order valence-corrected chi connectivity index (χ4v) is 7.10. The highest BCUT2D eigenvalue weighted by Crippen LogP contribution is 2.43. The minimum atomic E-state index is -4.65. The third-order valence-electron chi connectivity index (χ3n) is 10.0. The van der Waals surface area contributed by atoms with Crippen molar-refractivity contribution in [2.24, 2.45) is 0 Å². The first-order valence-corrected chi connectivity index (χ1v) is 26.0. The lowest BCUT2D eigenvalue weighted by Gasteiger charge is -2.20. The summed E-state index contributed by atoms with van der Waals surface area (Å²) in [4.78, 5) is 35.1. The molecular formula is C52H89O10P. The zero-order valence-electron chi connectivity index (χ0n) is 39.5. The highest BCUT2D eigenvalue weighted by Gasteiger charge is 2.27. The molecule has 0 heterocycles. The molecule has 10 nitrogen and oxygen atoms in total. The fourth-order valence-electron chi connectivity index (χ4n) is 6.31. The average Bonchev–Trinajstić information content (AvgIpc) is 3.27. The highest BCUT2D eigenvalue weighted by molar-refractivity contribution is 7.47. The maximum atomic E-state index is 12.6. The van der Waals surface area contributed by atoms with E-state index in [2.05, 4.69) is 86.8 Å². The first-order valence-electron chi connectivity index (χ1n) is 24.5. The molecule has 362 valence electrons. The number of hydrogen-bond acceptors (Lipinski definition) is 9. The fraction of sp³-hybridized carbons (Fsp3) is 0.692. The third kappa shape index (κ3) is 46.9. The van der Waals surface area contributed by atoms with E-state index in [4.69, 9.17) is 23.6 Å². The van der Waals surface area contributed by atoms with E-state index in [0.717, 1.165) is 57.8 Å². The van der Waals surface area contributed by atoms with Gasteiger partial charge in [-0.3, -0.25) is 18.6 Å². The molecule has 63 heavy (non-hydrogen) atoms. The van der Waals surface area contributed by atoms with Gasteiger partial charge in [-0.2, -0.15) is 0 Å². The molecule has 0 rings (SSSR count). The summed E-state index contributed by atoms with van der Waals surface area (Å²) in [5.74, 6) is -1.03. The Hall–Kier alpha value is -2.85. The lowest BCUT2D eigenvalue weighted by atomic mass is 10.1. The molecule has 3 atom stereocenters. The quantitative estimate of drug-likeness (QED) is 0.0233. The molecule has 0 radical (unpaired) electrons. The summed E-state index contributed by atoms with van der Waals surface area (Å²) in [6.07, 6.45) is 57.1. The van der Waals surface area contributed by atoms with Gasteiger partial charge in [0, 0.05) is 12.8 Å². The minimum Gasteiger partial charge on any atom is -0.462 e. The minimum absolute atomic E-state index is 0.0549. The summed E-state index contributed by atoms with van der Waals surface area (Å²) in [6.45, 7) is 2.19. The molecule has 0 saturated heterocycles. The zero-order chi connectivity index (χ0) is 46.2. The van der Waals surface area contributed by atoms with Crippen LogP contribution in [0.3, 0.4) is 0 Å². The first-order chi connectivity index (χ1) is 30.7. The van der Waals surface area contributed by atoms with Gasteiger partial charge >= 0.3 is 19.8 Å². The van der Waals surface area contributed by atoms with Crippen molar-refractivity contribution < 1.29 is 47.8 Å². The molecule has 0 aliphatic rings. The number of unbranched alkanes of at least 4 members (excludes halogenated alkanes) is 17. The molecule has 0 bridgehead atoms. The van der Waals surface area contributed by atoms with Gasteiger partial charge in [0.05, 0.1) is 19.8 Å². The maximum absolute atomic E-state index is 12.6. The molecule has 0 aromatic rings. The van der Waals surface area contributed by atoms with Crippen LogP contribution in [0.25, 0.3) is 0 Å². The van der Waals surface area contributed by atoms with Gasteiger partial charge in [-0.15, -0.1) is 0 Å². The molecule has 0 aromatic carbocycles. The van der Waals surface area contributed by atoms with Gasteiger partial charge in [-0.1, -0.05) is 189 Å². The number of ether oxygens (including phenoxy) is 2. The molecule has 11 heteroatoms. The average molecular weight is 905 g/mol. The van der Waals surface area contributed by atoms with Crippen LogP contribution in [0.5, 0.6) is 0 Å². The van der Waals surface area contributed by atoms with Gasteiger partial charge < -0.3 is 24.6 Å². The standard InChI is InChI=1S/C52H89O10P/c1-3-5-7-9-11-13-15-17-19-21-23-24-26-27-29-31-33-35-37-39-41-43-51(55)59-47-50(48-61-63(57,58)60-46-49(54)45-53)62-52(56)44-42-40-38-36-34-32-30-28-25-22-20-18-16-14-12-10-8-6-4-2/h6,8,12,14,18,20-21,23,25,28,32,34,38,40,49-50,53-54H,3-5,7,9-11,13,15-17,19,22,24,26-27,29-31,33,35-37,39,41-48H2,1-2H3,(H,57,58)/b8-6-,14-12-,20-18-,23-21-,28-25-,34-32-,40-38-. The van der Waals surface area contributed by atoms with Crippen molar-refractivity contribution in [1.82, 2.24) is 0 Å². The second-order valence-corrected chi connectivity index (χ2v) is 17.6. The SMILES string of the molecule is CC/C=C\C/C=C\C/C=C\C/C=C\C/C=C\C/C=C\CCC(=O)OC(COC(=O)CCCCCCCCCCC/C=C\CCCCCCCCCC)COP(=O)(O)OCC(O)CO. The third-order valence-corrected chi connectivity index (χ3v) is 11.0. The highest BCUT2D eigenvalue weighted by atomic mass is 31.2. The van der Waals surface area contributed by atoms with E-state index in [1.54, 1.807) is 0 Å². The lowest BCUT2D eigenvalue weighted by molar-refractivity contribution is -0.161. The summed E-state index contributed by atoms with van der Waals surface area (Å²) >= 11 is 0. The Morgan fingerprint density at radius 2 is 0.905 bits per heavy atom. The Kier molecular flexibility index (Phi) is 45.0.